The van der Waals surface area contributed by atoms with E-state index >= 15 is 0 Å². The molecule has 0 saturated heterocycles. The lowest BCUT2D eigenvalue weighted by molar-refractivity contribution is -0.870. The van der Waals surface area contributed by atoms with Gasteiger partial charge < -0.3 is 33.3 Å². The van der Waals surface area contributed by atoms with Crippen LogP contribution in [0.5, 0.6) is 0 Å². The number of hydrogen-bond acceptors (Lipinski definition) is 8. The first-order valence-electron chi connectivity index (χ1n) is 24.3. The van der Waals surface area contributed by atoms with Crippen LogP contribution in [0.1, 0.15) is 200 Å². The standard InChI is InChI=1S/C51H91NO8/c1-6-8-10-12-14-16-18-20-22-24-25-26-28-30-32-34-36-38-40-42-49(54)60-47(46-59-51(50(55)56)57-44-43-52(3,4)5)45-58-48(53)41-39-37-35-33-31-29-27-23-21-19-17-15-13-11-9-7-2/h14,16-17,19-20,22-23,27,47,51H,6-13,15,18,21,24-26,28-46H2,1-5H3/b16-14-,19-17-,22-20-,27-23-. The van der Waals surface area contributed by atoms with Crippen molar-refractivity contribution in [1.82, 2.24) is 0 Å². The highest BCUT2D eigenvalue weighted by Gasteiger charge is 2.21. The number of hydrogen-bond donors (Lipinski definition) is 0. The Labute approximate surface area is 368 Å². The van der Waals surface area contributed by atoms with Crippen LogP contribution < -0.4 is 5.11 Å². The van der Waals surface area contributed by atoms with Crippen LogP contribution in [-0.4, -0.2) is 82.3 Å². The minimum atomic E-state index is -1.62. The van der Waals surface area contributed by atoms with Gasteiger partial charge in [-0.1, -0.05) is 159 Å². The average Bonchev–Trinajstić information content (AvgIpc) is 3.21. The molecule has 0 N–H and O–H groups in total. The van der Waals surface area contributed by atoms with Crippen molar-refractivity contribution >= 4 is 17.9 Å². The summed E-state index contributed by atoms with van der Waals surface area (Å²) >= 11 is 0. The van der Waals surface area contributed by atoms with Crippen molar-refractivity contribution in [2.24, 2.45) is 0 Å². The van der Waals surface area contributed by atoms with E-state index in [1.165, 1.54) is 89.9 Å². The smallest absolute Gasteiger partial charge is 0.306 e. The fraction of sp³-hybridized carbons (Fsp3) is 0.784. The van der Waals surface area contributed by atoms with Gasteiger partial charge in [-0.3, -0.25) is 9.59 Å². The Morgan fingerprint density at radius 1 is 0.500 bits per heavy atom. The van der Waals surface area contributed by atoms with E-state index in [9.17, 15) is 19.5 Å². The Bertz CT molecular complexity index is 1120. The van der Waals surface area contributed by atoms with Gasteiger partial charge in [-0.15, -0.1) is 0 Å². The molecule has 0 aliphatic carbocycles. The SMILES string of the molecule is CCCCC/C=C\C/C=C\CCCCCCCCCCCC(=O)OC(COC(=O)CCCCCCC/C=C\C/C=C\CCCCCC)COC(OCC[N+](C)(C)C)C(=O)[O-]. The number of carboxylic acids is 1. The molecule has 9 nitrogen and oxygen atoms in total. The van der Waals surface area contributed by atoms with Gasteiger partial charge in [-0.25, -0.2) is 0 Å². The van der Waals surface area contributed by atoms with E-state index in [1.54, 1.807) is 0 Å². The van der Waals surface area contributed by atoms with E-state index in [0.29, 0.717) is 17.4 Å². The van der Waals surface area contributed by atoms with E-state index in [2.05, 4.69) is 62.5 Å². The summed E-state index contributed by atoms with van der Waals surface area (Å²) < 4.78 is 22.6. The Morgan fingerprint density at radius 2 is 0.900 bits per heavy atom. The molecule has 9 heteroatoms. The molecule has 0 aromatic carbocycles. The molecule has 0 aliphatic heterocycles. The molecule has 60 heavy (non-hydrogen) atoms. The quantitative estimate of drug-likeness (QED) is 0.0196. The Balaban J connectivity index is 4.41. The first kappa shape index (κ1) is 57.2. The van der Waals surface area contributed by atoms with E-state index in [-0.39, 0.29) is 38.6 Å². The summed E-state index contributed by atoms with van der Waals surface area (Å²) in [5, 5.41) is 11.7. The maximum absolute atomic E-state index is 12.8. The fourth-order valence-electron chi connectivity index (χ4n) is 6.48. The van der Waals surface area contributed by atoms with E-state index in [0.717, 1.165) is 77.0 Å². The number of rotatable bonds is 44. The number of nitrogens with zero attached hydrogens (tertiary/aromatic N) is 1. The summed E-state index contributed by atoms with van der Waals surface area (Å²) in [6.45, 7) is 4.68. The highest BCUT2D eigenvalue weighted by Crippen LogP contribution is 2.14. The predicted molar refractivity (Wildman–Crippen MR) is 246 cm³/mol. The highest BCUT2D eigenvalue weighted by molar-refractivity contribution is 5.70. The van der Waals surface area contributed by atoms with Crippen molar-refractivity contribution < 1.29 is 42.9 Å². The number of carbonyl (C=O) groups excluding carboxylic acids is 3. The van der Waals surface area contributed by atoms with Crippen LogP contribution in [0, 0.1) is 0 Å². The second-order valence-electron chi connectivity index (χ2n) is 17.4. The number of unbranched alkanes of at least 4 members (excludes halogenated alkanes) is 21. The Morgan fingerprint density at radius 3 is 1.35 bits per heavy atom. The van der Waals surface area contributed by atoms with Crippen molar-refractivity contribution in [2.45, 2.75) is 212 Å². The number of aliphatic carboxylic acids is 1. The number of carbonyl (C=O) groups is 3. The lowest BCUT2D eigenvalue weighted by Crippen LogP contribution is -2.44. The van der Waals surface area contributed by atoms with Crippen molar-refractivity contribution in [1.29, 1.82) is 0 Å². The van der Waals surface area contributed by atoms with Crippen LogP contribution in [0.3, 0.4) is 0 Å². The van der Waals surface area contributed by atoms with Gasteiger partial charge in [-0.2, -0.15) is 0 Å². The molecule has 2 unspecified atom stereocenters. The predicted octanol–water partition coefficient (Wildman–Crippen LogP) is 11.8. The van der Waals surface area contributed by atoms with Gasteiger partial charge in [0.25, 0.3) is 0 Å². The molecule has 0 amide bonds. The van der Waals surface area contributed by atoms with Crippen LogP contribution in [0.2, 0.25) is 0 Å². The maximum Gasteiger partial charge on any atom is 0.306 e. The summed E-state index contributed by atoms with van der Waals surface area (Å²) in [7, 11) is 5.90. The van der Waals surface area contributed by atoms with Crippen LogP contribution in [0.15, 0.2) is 48.6 Å². The zero-order valence-corrected chi connectivity index (χ0v) is 39.3. The second-order valence-corrected chi connectivity index (χ2v) is 17.4. The summed E-state index contributed by atoms with van der Waals surface area (Å²) in [6, 6.07) is 0. The monoisotopic (exact) mass is 846 g/mol. The van der Waals surface area contributed by atoms with Crippen LogP contribution in [0.25, 0.3) is 0 Å². The molecule has 0 aromatic heterocycles. The number of likely N-dealkylation sites (N-methyl/N-ethyl adjacent to an activating group) is 1. The van der Waals surface area contributed by atoms with Crippen molar-refractivity contribution in [3.8, 4) is 0 Å². The van der Waals surface area contributed by atoms with E-state index in [4.69, 9.17) is 18.9 Å². The first-order chi connectivity index (χ1) is 29.1. The van der Waals surface area contributed by atoms with Crippen LogP contribution in [0.4, 0.5) is 0 Å². The molecule has 0 heterocycles. The summed E-state index contributed by atoms with van der Waals surface area (Å²) in [6.07, 6.45) is 47.0. The molecule has 0 fully saturated rings. The van der Waals surface area contributed by atoms with Crippen molar-refractivity contribution in [3.63, 3.8) is 0 Å². The third-order valence-electron chi connectivity index (χ3n) is 10.3. The van der Waals surface area contributed by atoms with Crippen LogP contribution >= 0.6 is 0 Å². The summed E-state index contributed by atoms with van der Waals surface area (Å²) in [5.74, 6) is -2.31. The Kier molecular flexibility index (Phi) is 41.0. The minimum Gasteiger partial charge on any atom is -0.545 e. The molecule has 0 bridgehead atoms. The molecule has 348 valence electrons. The average molecular weight is 846 g/mol. The largest absolute Gasteiger partial charge is 0.545 e. The lowest BCUT2D eigenvalue weighted by Gasteiger charge is -2.26. The molecule has 0 radical (unpaired) electrons. The minimum absolute atomic E-state index is 0.143. The lowest BCUT2D eigenvalue weighted by atomic mass is 10.1. The number of esters is 2. The van der Waals surface area contributed by atoms with Gasteiger partial charge in [-0.05, 0) is 77.0 Å². The number of allylic oxidation sites excluding steroid dienone is 8. The van der Waals surface area contributed by atoms with E-state index in [1.807, 2.05) is 21.1 Å². The normalized spacial score (nSPS) is 13.3. The van der Waals surface area contributed by atoms with Gasteiger partial charge in [0.2, 0.25) is 0 Å². The number of carboxylic acid groups (broad SMARTS) is 1. The number of quaternary nitrogens is 1. The summed E-state index contributed by atoms with van der Waals surface area (Å²) in [5.41, 5.74) is 0. The van der Waals surface area contributed by atoms with Gasteiger partial charge in [0.05, 0.1) is 40.3 Å². The molecule has 0 saturated carbocycles. The fourth-order valence-corrected chi connectivity index (χ4v) is 6.48. The zero-order valence-electron chi connectivity index (χ0n) is 39.3. The van der Waals surface area contributed by atoms with Gasteiger partial charge in [0, 0.05) is 12.8 Å². The molecular weight excluding hydrogens is 755 g/mol. The highest BCUT2D eigenvalue weighted by atomic mass is 16.7. The third kappa shape index (κ3) is 43.3. The van der Waals surface area contributed by atoms with Crippen molar-refractivity contribution in [2.75, 3.05) is 47.5 Å². The van der Waals surface area contributed by atoms with Crippen molar-refractivity contribution in [3.05, 3.63) is 48.6 Å². The summed E-state index contributed by atoms with van der Waals surface area (Å²) in [4.78, 5) is 37.1. The van der Waals surface area contributed by atoms with E-state index < -0.39 is 24.3 Å². The molecular formula is C51H91NO8. The molecule has 0 rings (SSSR count). The topological polar surface area (TPSA) is 111 Å². The van der Waals surface area contributed by atoms with Gasteiger partial charge in [0.1, 0.15) is 13.2 Å². The van der Waals surface area contributed by atoms with Gasteiger partial charge in [0.15, 0.2) is 12.4 Å². The zero-order chi connectivity index (χ0) is 44.2. The van der Waals surface area contributed by atoms with Gasteiger partial charge >= 0.3 is 11.9 Å². The third-order valence-corrected chi connectivity index (χ3v) is 10.3. The molecule has 0 aliphatic rings. The maximum atomic E-state index is 12.8. The van der Waals surface area contributed by atoms with Crippen LogP contribution in [-0.2, 0) is 33.3 Å². The molecule has 0 aromatic rings. The molecule has 2 atom stereocenters. The first-order valence-corrected chi connectivity index (χ1v) is 24.3. The second kappa shape index (κ2) is 42.9. The molecule has 0 spiro atoms. The number of ether oxygens (including phenoxy) is 4. The Hall–Kier alpha value is -2.75.